The van der Waals surface area contributed by atoms with E-state index in [9.17, 15) is 0 Å². The van der Waals surface area contributed by atoms with Crippen molar-refractivity contribution in [2.75, 3.05) is 6.61 Å². The predicted octanol–water partition coefficient (Wildman–Crippen LogP) is 6.00. The zero-order valence-electron chi connectivity index (χ0n) is 16.0. The largest absolute Gasteiger partial charge is 0.347 e. The van der Waals surface area contributed by atoms with Crippen LogP contribution in [0.3, 0.4) is 0 Å². The van der Waals surface area contributed by atoms with Crippen molar-refractivity contribution in [3.05, 3.63) is 35.4 Å². The lowest BCUT2D eigenvalue weighted by molar-refractivity contribution is -0.160. The molecule has 1 heterocycles. The topological polar surface area (TPSA) is 18.5 Å². The van der Waals surface area contributed by atoms with Crippen molar-refractivity contribution in [3.8, 4) is 0 Å². The molecule has 1 fully saturated rings. The van der Waals surface area contributed by atoms with E-state index in [-0.39, 0.29) is 11.5 Å². The minimum absolute atomic E-state index is 0.0589. The van der Waals surface area contributed by atoms with E-state index < -0.39 is 5.79 Å². The van der Waals surface area contributed by atoms with Gasteiger partial charge in [-0.3, -0.25) is 0 Å². The third-order valence-corrected chi connectivity index (χ3v) is 4.64. The van der Waals surface area contributed by atoms with Gasteiger partial charge in [-0.15, -0.1) is 0 Å². The Morgan fingerprint density at radius 1 is 1.04 bits per heavy atom. The first-order chi connectivity index (χ1) is 10.5. The van der Waals surface area contributed by atoms with Crippen LogP contribution in [0.15, 0.2) is 24.3 Å². The minimum Gasteiger partial charge on any atom is -0.347 e. The number of rotatable bonds is 4. The van der Waals surface area contributed by atoms with E-state index in [0.29, 0.717) is 12.0 Å². The normalized spacial score (nSPS) is 25.8. The highest BCUT2D eigenvalue weighted by Gasteiger charge is 2.37. The van der Waals surface area contributed by atoms with Gasteiger partial charge in [-0.1, -0.05) is 65.8 Å². The molecule has 1 aliphatic heterocycles. The molecule has 2 unspecified atom stereocenters. The monoisotopic (exact) mass is 318 g/mol. The second-order valence-electron chi connectivity index (χ2n) is 9.34. The second-order valence-corrected chi connectivity index (χ2v) is 9.34. The van der Waals surface area contributed by atoms with Crippen LogP contribution in [0.1, 0.15) is 85.0 Å². The molecule has 0 aliphatic carbocycles. The molecule has 0 spiro atoms. The highest BCUT2D eigenvalue weighted by atomic mass is 16.7. The summed E-state index contributed by atoms with van der Waals surface area (Å²) in [5.74, 6) is -0.432. The second kappa shape index (κ2) is 6.57. The van der Waals surface area contributed by atoms with Crippen LogP contribution < -0.4 is 0 Å². The van der Waals surface area contributed by atoms with E-state index in [0.717, 1.165) is 12.8 Å². The predicted molar refractivity (Wildman–Crippen MR) is 96.6 cm³/mol. The fourth-order valence-electron chi connectivity index (χ4n) is 3.05. The van der Waals surface area contributed by atoms with Gasteiger partial charge in [-0.2, -0.15) is 0 Å². The average Bonchev–Trinajstić information content (AvgIpc) is 2.79. The number of benzene rings is 1. The highest BCUT2D eigenvalue weighted by Crippen LogP contribution is 2.38. The molecular weight excluding hydrogens is 284 g/mol. The van der Waals surface area contributed by atoms with Gasteiger partial charge < -0.3 is 9.47 Å². The first-order valence-electron chi connectivity index (χ1n) is 8.91. The van der Waals surface area contributed by atoms with Gasteiger partial charge in [0, 0.05) is 6.42 Å². The van der Waals surface area contributed by atoms with Crippen molar-refractivity contribution >= 4 is 0 Å². The van der Waals surface area contributed by atoms with Gasteiger partial charge in [0.25, 0.3) is 0 Å². The number of hydrogen-bond donors (Lipinski definition) is 0. The van der Waals surface area contributed by atoms with Crippen LogP contribution in [-0.2, 0) is 14.9 Å². The molecule has 0 bridgehead atoms. The first-order valence-corrected chi connectivity index (χ1v) is 8.91. The molecule has 0 saturated carbocycles. The Morgan fingerprint density at radius 3 is 2.17 bits per heavy atom. The Kier molecular flexibility index (Phi) is 5.27. The van der Waals surface area contributed by atoms with Crippen LogP contribution in [0.5, 0.6) is 0 Å². The number of ether oxygens (including phenoxy) is 2. The van der Waals surface area contributed by atoms with E-state index in [4.69, 9.17) is 9.47 Å². The molecule has 0 radical (unpaired) electrons. The summed E-state index contributed by atoms with van der Waals surface area (Å²) < 4.78 is 12.3. The molecule has 2 rings (SSSR count). The van der Waals surface area contributed by atoms with E-state index >= 15 is 0 Å². The van der Waals surface area contributed by atoms with Gasteiger partial charge in [0.2, 0.25) is 0 Å². The van der Waals surface area contributed by atoms with Crippen LogP contribution in [0.25, 0.3) is 0 Å². The highest BCUT2D eigenvalue weighted by molar-refractivity contribution is 5.29. The van der Waals surface area contributed by atoms with Gasteiger partial charge in [0.1, 0.15) is 6.10 Å². The summed E-state index contributed by atoms with van der Waals surface area (Å²) in [6.07, 6.45) is 3.35. The SMILES string of the molecule is CC(C)(C)CCCC1(C)OCC(c2ccc(C(C)(C)C)cc2)O1. The molecule has 0 aromatic heterocycles. The van der Waals surface area contributed by atoms with E-state index in [2.05, 4.69) is 72.7 Å². The molecule has 1 saturated heterocycles. The number of hydrogen-bond acceptors (Lipinski definition) is 2. The minimum atomic E-state index is -0.432. The summed E-state index contributed by atoms with van der Waals surface area (Å²) in [6, 6.07) is 8.81. The van der Waals surface area contributed by atoms with E-state index in [1.54, 1.807) is 0 Å². The van der Waals surface area contributed by atoms with Gasteiger partial charge in [0.05, 0.1) is 6.61 Å². The smallest absolute Gasteiger partial charge is 0.166 e. The molecule has 2 atom stereocenters. The Labute approximate surface area is 142 Å². The maximum absolute atomic E-state index is 6.25. The summed E-state index contributed by atoms with van der Waals surface area (Å²) in [7, 11) is 0. The third-order valence-electron chi connectivity index (χ3n) is 4.64. The van der Waals surface area contributed by atoms with E-state index in [1.807, 2.05) is 0 Å². The molecule has 1 aliphatic rings. The lowest BCUT2D eigenvalue weighted by Crippen LogP contribution is -2.26. The standard InChI is InChI=1S/C21H34O2/c1-19(2,3)13-8-14-21(7)22-15-18(23-21)16-9-11-17(12-10-16)20(4,5)6/h9-12,18H,8,13-15H2,1-7H3. The quantitative estimate of drug-likeness (QED) is 0.677. The summed E-state index contributed by atoms with van der Waals surface area (Å²) in [4.78, 5) is 0. The fraction of sp³-hybridized carbons (Fsp3) is 0.714. The Morgan fingerprint density at radius 2 is 1.65 bits per heavy atom. The third kappa shape index (κ3) is 5.32. The van der Waals surface area contributed by atoms with Gasteiger partial charge in [-0.05, 0) is 41.7 Å². The maximum atomic E-state index is 6.25. The van der Waals surface area contributed by atoms with Crippen LogP contribution >= 0.6 is 0 Å². The van der Waals surface area contributed by atoms with Crippen molar-refractivity contribution in [1.29, 1.82) is 0 Å². The molecule has 1 aromatic rings. The van der Waals surface area contributed by atoms with Gasteiger partial charge in [0.15, 0.2) is 5.79 Å². The van der Waals surface area contributed by atoms with Gasteiger partial charge in [-0.25, -0.2) is 0 Å². The average molecular weight is 319 g/mol. The summed E-state index contributed by atoms with van der Waals surface area (Å²) in [5, 5.41) is 0. The first kappa shape index (κ1) is 18.5. The molecule has 130 valence electrons. The lowest BCUT2D eigenvalue weighted by atomic mass is 9.86. The zero-order valence-corrected chi connectivity index (χ0v) is 16.0. The van der Waals surface area contributed by atoms with Crippen molar-refractivity contribution in [2.45, 2.75) is 85.0 Å². The lowest BCUT2D eigenvalue weighted by Gasteiger charge is -2.26. The molecular formula is C21H34O2. The molecule has 1 aromatic carbocycles. The van der Waals surface area contributed by atoms with Crippen molar-refractivity contribution in [3.63, 3.8) is 0 Å². The summed E-state index contributed by atoms with van der Waals surface area (Å²) in [6.45, 7) is 16.3. The maximum Gasteiger partial charge on any atom is 0.166 e. The summed E-state index contributed by atoms with van der Waals surface area (Å²) in [5.41, 5.74) is 3.13. The zero-order chi connectivity index (χ0) is 17.3. The Hall–Kier alpha value is -0.860. The fourth-order valence-corrected chi connectivity index (χ4v) is 3.05. The van der Waals surface area contributed by atoms with Crippen molar-refractivity contribution in [1.82, 2.24) is 0 Å². The van der Waals surface area contributed by atoms with Crippen LogP contribution in [0.2, 0.25) is 0 Å². The molecule has 2 heteroatoms. The van der Waals surface area contributed by atoms with Crippen molar-refractivity contribution in [2.24, 2.45) is 5.41 Å². The Bertz CT molecular complexity index is 504. The molecule has 0 N–H and O–H groups in total. The molecule has 2 nitrogen and oxygen atoms in total. The molecule has 0 amide bonds. The molecule has 23 heavy (non-hydrogen) atoms. The Balaban J connectivity index is 1.94. The van der Waals surface area contributed by atoms with Crippen LogP contribution in [0, 0.1) is 5.41 Å². The van der Waals surface area contributed by atoms with Crippen LogP contribution in [-0.4, -0.2) is 12.4 Å². The van der Waals surface area contributed by atoms with Gasteiger partial charge >= 0.3 is 0 Å². The van der Waals surface area contributed by atoms with Crippen LogP contribution in [0.4, 0.5) is 0 Å². The van der Waals surface area contributed by atoms with Crippen molar-refractivity contribution < 1.29 is 9.47 Å². The van der Waals surface area contributed by atoms with E-state index in [1.165, 1.54) is 17.5 Å². The summed E-state index contributed by atoms with van der Waals surface area (Å²) >= 11 is 0.